The second-order valence-electron chi connectivity index (χ2n) is 5.31. The lowest BCUT2D eigenvalue weighted by Gasteiger charge is -2.27. The SMILES string of the molecule is Cc1cc(F)cc(-c2cc(C)nc(N3CCOCC3)n2)c1. The number of morpholine rings is 1. The molecule has 1 aliphatic heterocycles. The first kappa shape index (κ1) is 13.9. The van der Waals surface area contributed by atoms with Crippen molar-refractivity contribution in [1.82, 2.24) is 9.97 Å². The van der Waals surface area contributed by atoms with Crippen LogP contribution in [0, 0.1) is 19.7 Å². The minimum Gasteiger partial charge on any atom is -0.378 e. The molecule has 0 bridgehead atoms. The van der Waals surface area contributed by atoms with E-state index in [1.54, 1.807) is 0 Å². The molecular weight excluding hydrogens is 269 g/mol. The van der Waals surface area contributed by atoms with Crippen LogP contribution in [0.3, 0.4) is 0 Å². The summed E-state index contributed by atoms with van der Waals surface area (Å²) in [5.74, 6) is 0.449. The standard InChI is InChI=1S/C16H18FN3O/c1-11-7-13(10-14(17)8-11)15-9-12(2)18-16(19-15)20-3-5-21-6-4-20/h7-10H,3-6H2,1-2H3. The number of anilines is 1. The highest BCUT2D eigenvalue weighted by molar-refractivity contribution is 5.62. The highest BCUT2D eigenvalue weighted by Crippen LogP contribution is 2.23. The zero-order valence-electron chi connectivity index (χ0n) is 12.3. The van der Waals surface area contributed by atoms with Crippen LogP contribution in [-0.4, -0.2) is 36.3 Å². The molecule has 2 aromatic rings. The number of hydrogen-bond donors (Lipinski definition) is 0. The van der Waals surface area contributed by atoms with Crippen LogP contribution in [0.5, 0.6) is 0 Å². The predicted molar refractivity (Wildman–Crippen MR) is 79.9 cm³/mol. The molecule has 0 saturated carbocycles. The summed E-state index contributed by atoms with van der Waals surface area (Å²) in [7, 11) is 0. The monoisotopic (exact) mass is 287 g/mol. The number of benzene rings is 1. The summed E-state index contributed by atoms with van der Waals surface area (Å²) in [4.78, 5) is 11.2. The van der Waals surface area contributed by atoms with Crippen LogP contribution >= 0.6 is 0 Å². The van der Waals surface area contributed by atoms with Gasteiger partial charge in [0, 0.05) is 24.3 Å². The molecular formula is C16H18FN3O. The fourth-order valence-electron chi connectivity index (χ4n) is 2.49. The Hall–Kier alpha value is -2.01. The number of aryl methyl sites for hydroxylation is 2. The Bertz CT molecular complexity index is 634. The molecule has 0 unspecified atom stereocenters. The molecule has 0 N–H and O–H groups in total. The minimum absolute atomic E-state index is 0.241. The Morgan fingerprint density at radius 1 is 1.05 bits per heavy atom. The molecule has 3 rings (SSSR count). The molecule has 0 radical (unpaired) electrons. The molecule has 4 nitrogen and oxygen atoms in total. The predicted octanol–water partition coefficient (Wildman–Crippen LogP) is 2.74. The molecule has 1 aromatic carbocycles. The van der Waals surface area contributed by atoms with E-state index in [9.17, 15) is 4.39 Å². The van der Waals surface area contributed by atoms with Gasteiger partial charge in [0.2, 0.25) is 5.95 Å². The lowest BCUT2D eigenvalue weighted by molar-refractivity contribution is 0.122. The fraction of sp³-hybridized carbons (Fsp3) is 0.375. The van der Waals surface area contributed by atoms with E-state index in [0.29, 0.717) is 19.2 Å². The van der Waals surface area contributed by atoms with Gasteiger partial charge < -0.3 is 9.64 Å². The summed E-state index contributed by atoms with van der Waals surface area (Å²) in [6.07, 6.45) is 0. The maximum atomic E-state index is 13.6. The Balaban J connectivity index is 2.00. The third-order valence-corrected chi connectivity index (χ3v) is 3.47. The molecule has 0 amide bonds. The molecule has 1 fully saturated rings. The van der Waals surface area contributed by atoms with E-state index in [-0.39, 0.29) is 5.82 Å². The van der Waals surface area contributed by atoms with Crippen LogP contribution in [0.15, 0.2) is 24.3 Å². The van der Waals surface area contributed by atoms with Gasteiger partial charge in [-0.05, 0) is 43.7 Å². The van der Waals surface area contributed by atoms with Crippen molar-refractivity contribution >= 4 is 5.95 Å². The Kier molecular flexibility index (Phi) is 3.84. The second-order valence-corrected chi connectivity index (χ2v) is 5.31. The van der Waals surface area contributed by atoms with Crippen LogP contribution in [0.2, 0.25) is 0 Å². The van der Waals surface area contributed by atoms with E-state index in [1.807, 2.05) is 26.0 Å². The molecule has 1 aliphatic rings. The van der Waals surface area contributed by atoms with E-state index in [1.165, 1.54) is 12.1 Å². The quantitative estimate of drug-likeness (QED) is 0.851. The summed E-state index contributed by atoms with van der Waals surface area (Å²) in [5.41, 5.74) is 3.30. The second kappa shape index (κ2) is 5.77. The van der Waals surface area contributed by atoms with Gasteiger partial charge in [0.15, 0.2) is 0 Å². The summed E-state index contributed by atoms with van der Waals surface area (Å²) < 4.78 is 18.9. The lowest BCUT2D eigenvalue weighted by atomic mass is 10.1. The van der Waals surface area contributed by atoms with E-state index >= 15 is 0 Å². The number of nitrogens with zero attached hydrogens (tertiary/aromatic N) is 3. The van der Waals surface area contributed by atoms with E-state index < -0.39 is 0 Å². The maximum Gasteiger partial charge on any atom is 0.226 e. The van der Waals surface area contributed by atoms with Crippen molar-refractivity contribution in [2.45, 2.75) is 13.8 Å². The molecule has 1 aromatic heterocycles. The molecule has 1 saturated heterocycles. The molecule has 0 aliphatic carbocycles. The maximum absolute atomic E-state index is 13.6. The van der Waals surface area contributed by atoms with Crippen molar-refractivity contribution in [2.24, 2.45) is 0 Å². The fourth-order valence-corrected chi connectivity index (χ4v) is 2.49. The van der Waals surface area contributed by atoms with Gasteiger partial charge in [-0.25, -0.2) is 14.4 Å². The van der Waals surface area contributed by atoms with Crippen molar-refractivity contribution in [1.29, 1.82) is 0 Å². The molecule has 0 atom stereocenters. The van der Waals surface area contributed by atoms with Gasteiger partial charge >= 0.3 is 0 Å². The van der Waals surface area contributed by atoms with Gasteiger partial charge in [0.05, 0.1) is 18.9 Å². The van der Waals surface area contributed by atoms with Gasteiger partial charge in [-0.3, -0.25) is 0 Å². The van der Waals surface area contributed by atoms with E-state index in [4.69, 9.17) is 4.74 Å². The summed E-state index contributed by atoms with van der Waals surface area (Å²) in [6, 6.07) is 6.85. The molecule has 2 heterocycles. The lowest BCUT2D eigenvalue weighted by Crippen LogP contribution is -2.37. The van der Waals surface area contributed by atoms with Crippen LogP contribution in [0.25, 0.3) is 11.3 Å². The first-order chi connectivity index (χ1) is 10.1. The summed E-state index contributed by atoms with van der Waals surface area (Å²) >= 11 is 0. The molecule has 5 heteroatoms. The van der Waals surface area contributed by atoms with E-state index in [2.05, 4.69) is 14.9 Å². The van der Waals surface area contributed by atoms with Crippen molar-refractivity contribution in [3.8, 4) is 11.3 Å². The van der Waals surface area contributed by atoms with Gasteiger partial charge in [-0.1, -0.05) is 0 Å². The topological polar surface area (TPSA) is 38.2 Å². The third kappa shape index (κ3) is 3.19. The van der Waals surface area contributed by atoms with E-state index in [0.717, 1.165) is 35.6 Å². The van der Waals surface area contributed by atoms with Gasteiger partial charge in [-0.2, -0.15) is 0 Å². The largest absolute Gasteiger partial charge is 0.378 e. The molecule has 21 heavy (non-hydrogen) atoms. The zero-order valence-corrected chi connectivity index (χ0v) is 12.3. The van der Waals surface area contributed by atoms with Crippen LogP contribution in [0.4, 0.5) is 10.3 Å². The van der Waals surface area contributed by atoms with Crippen molar-refractivity contribution < 1.29 is 9.13 Å². The smallest absolute Gasteiger partial charge is 0.226 e. The average Bonchev–Trinajstić information content (AvgIpc) is 2.46. The average molecular weight is 287 g/mol. The Labute approximate surface area is 123 Å². The molecule has 110 valence electrons. The highest BCUT2D eigenvalue weighted by Gasteiger charge is 2.15. The first-order valence-electron chi connectivity index (χ1n) is 7.08. The highest BCUT2D eigenvalue weighted by atomic mass is 19.1. The van der Waals surface area contributed by atoms with Crippen molar-refractivity contribution in [3.05, 3.63) is 41.3 Å². The third-order valence-electron chi connectivity index (χ3n) is 3.47. The Morgan fingerprint density at radius 2 is 1.81 bits per heavy atom. The van der Waals surface area contributed by atoms with Crippen molar-refractivity contribution in [2.75, 3.05) is 31.2 Å². The molecule has 0 spiro atoms. The zero-order chi connectivity index (χ0) is 14.8. The van der Waals surface area contributed by atoms with Gasteiger partial charge in [0.1, 0.15) is 5.82 Å². The summed E-state index contributed by atoms with van der Waals surface area (Å²) in [5, 5.41) is 0. The van der Waals surface area contributed by atoms with Crippen LogP contribution in [-0.2, 0) is 4.74 Å². The minimum atomic E-state index is -0.241. The van der Waals surface area contributed by atoms with Crippen LogP contribution < -0.4 is 4.90 Å². The number of hydrogen-bond acceptors (Lipinski definition) is 4. The number of halogens is 1. The van der Waals surface area contributed by atoms with Crippen LogP contribution in [0.1, 0.15) is 11.3 Å². The van der Waals surface area contributed by atoms with Gasteiger partial charge in [-0.15, -0.1) is 0 Å². The van der Waals surface area contributed by atoms with Crippen molar-refractivity contribution in [3.63, 3.8) is 0 Å². The number of aromatic nitrogens is 2. The summed E-state index contributed by atoms with van der Waals surface area (Å²) in [6.45, 7) is 6.75. The normalized spacial score (nSPS) is 15.3. The first-order valence-corrected chi connectivity index (χ1v) is 7.08. The number of rotatable bonds is 2. The Morgan fingerprint density at radius 3 is 2.52 bits per heavy atom. The number of ether oxygens (including phenoxy) is 1. The van der Waals surface area contributed by atoms with Gasteiger partial charge in [0.25, 0.3) is 0 Å².